The summed E-state index contributed by atoms with van der Waals surface area (Å²) in [5.74, 6) is -0.866. The SMILES string of the molecule is O=C(Nc1ccon1)c1ccc(Br)cc1C(F)(F)F. The van der Waals surface area contributed by atoms with E-state index in [1.165, 1.54) is 18.4 Å². The van der Waals surface area contributed by atoms with Crippen LogP contribution in [0.4, 0.5) is 19.0 Å². The van der Waals surface area contributed by atoms with Crippen LogP contribution in [0.15, 0.2) is 39.5 Å². The monoisotopic (exact) mass is 334 g/mol. The molecule has 0 unspecified atom stereocenters. The van der Waals surface area contributed by atoms with Crippen LogP contribution in [0.25, 0.3) is 0 Å². The zero-order valence-corrected chi connectivity index (χ0v) is 10.7. The Bertz CT molecular complexity index is 596. The highest BCUT2D eigenvalue weighted by Crippen LogP contribution is 2.34. The number of rotatable bonds is 2. The highest BCUT2D eigenvalue weighted by atomic mass is 79.9. The minimum absolute atomic E-state index is 0.0426. The van der Waals surface area contributed by atoms with Crippen LogP contribution < -0.4 is 5.32 Å². The lowest BCUT2D eigenvalue weighted by Crippen LogP contribution is -2.18. The van der Waals surface area contributed by atoms with E-state index in [4.69, 9.17) is 0 Å². The third kappa shape index (κ3) is 3.14. The Morgan fingerprint density at radius 2 is 2.05 bits per heavy atom. The van der Waals surface area contributed by atoms with Crippen LogP contribution >= 0.6 is 15.9 Å². The Balaban J connectivity index is 2.36. The summed E-state index contributed by atoms with van der Waals surface area (Å²) in [7, 11) is 0. The van der Waals surface area contributed by atoms with Crippen molar-refractivity contribution in [3.63, 3.8) is 0 Å². The Labute approximate surface area is 113 Å². The number of benzene rings is 1. The summed E-state index contributed by atoms with van der Waals surface area (Å²) in [5, 5.41) is 5.60. The normalized spacial score (nSPS) is 11.4. The number of carbonyl (C=O) groups is 1. The summed E-state index contributed by atoms with van der Waals surface area (Å²) in [6.07, 6.45) is -3.43. The lowest BCUT2D eigenvalue weighted by Gasteiger charge is -2.12. The number of hydrogen-bond acceptors (Lipinski definition) is 3. The maximum absolute atomic E-state index is 12.8. The van der Waals surface area contributed by atoms with Crippen LogP contribution in [-0.4, -0.2) is 11.1 Å². The fraction of sp³-hybridized carbons (Fsp3) is 0.0909. The standard InChI is InChI=1S/C11H6BrF3N2O2/c12-6-1-2-7(8(5-6)11(13,14)15)10(18)16-9-3-4-19-17-9/h1-5H,(H,16,17,18). The molecule has 1 aromatic heterocycles. The van der Waals surface area contributed by atoms with Crippen molar-refractivity contribution in [1.29, 1.82) is 0 Å². The molecule has 0 fully saturated rings. The first-order valence-electron chi connectivity index (χ1n) is 4.96. The summed E-state index contributed by atoms with van der Waals surface area (Å²) >= 11 is 2.94. The van der Waals surface area contributed by atoms with Gasteiger partial charge in [-0.2, -0.15) is 13.2 Å². The first kappa shape index (κ1) is 13.6. The number of anilines is 1. The molecular formula is C11H6BrF3N2O2. The third-order valence-corrected chi connectivity index (χ3v) is 2.70. The maximum atomic E-state index is 12.8. The van der Waals surface area contributed by atoms with Crippen molar-refractivity contribution in [2.75, 3.05) is 5.32 Å². The van der Waals surface area contributed by atoms with Gasteiger partial charge in [-0.05, 0) is 18.2 Å². The Hall–Kier alpha value is -1.83. The summed E-state index contributed by atoms with van der Waals surface area (Å²) < 4.78 is 43.2. The van der Waals surface area contributed by atoms with E-state index in [0.717, 1.165) is 12.1 Å². The summed E-state index contributed by atoms with van der Waals surface area (Å²) in [5.41, 5.74) is -1.51. The van der Waals surface area contributed by atoms with E-state index in [2.05, 4.69) is 30.9 Å². The molecule has 0 radical (unpaired) electrons. The summed E-state index contributed by atoms with van der Waals surface area (Å²) in [4.78, 5) is 11.8. The average Bonchev–Trinajstić information content (AvgIpc) is 2.80. The van der Waals surface area contributed by atoms with E-state index in [0.29, 0.717) is 0 Å². The maximum Gasteiger partial charge on any atom is 0.417 e. The molecule has 4 nitrogen and oxygen atoms in total. The highest BCUT2D eigenvalue weighted by Gasteiger charge is 2.35. The second kappa shape index (κ2) is 5.04. The van der Waals surface area contributed by atoms with E-state index < -0.39 is 23.2 Å². The zero-order chi connectivity index (χ0) is 14.0. The average molecular weight is 335 g/mol. The molecule has 0 aliphatic carbocycles. The first-order valence-corrected chi connectivity index (χ1v) is 5.75. The molecule has 100 valence electrons. The van der Waals surface area contributed by atoms with E-state index in [-0.39, 0.29) is 10.3 Å². The van der Waals surface area contributed by atoms with Crippen LogP contribution in [0.2, 0.25) is 0 Å². The number of amides is 1. The van der Waals surface area contributed by atoms with E-state index >= 15 is 0 Å². The van der Waals surface area contributed by atoms with Gasteiger partial charge in [-0.25, -0.2) is 0 Å². The molecule has 0 saturated heterocycles. The van der Waals surface area contributed by atoms with Gasteiger partial charge >= 0.3 is 6.18 Å². The molecule has 0 saturated carbocycles. The molecule has 1 N–H and O–H groups in total. The van der Waals surface area contributed by atoms with Crippen LogP contribution in [0.1, 0.15) is 15.9 Å². The lowest BCUT2D eigenvalue weighted by molar-refractivity contribution is -0.137. The van der Waals surface area contributed by atoms with Gasteiger partial charge in [0.15, 0.2) is 5.82 Å². The molecule has 1 aromatic carbocycles. The number of nitrogens with one attached hydrogen (secondary N) is 1. The van der Waals surface area contributed by atoms with Crippen molar-refractivity contribution in [3.8, 4) is 0 Å². The van der Waals surface area contributed by atoms with Gasteiger partial charge in [-0.1, -0.05) is 21.1 Å². The Morgan fingerprint density at radius 1 is 1.32 bits per heavy atom. The smallest absolute Gasteiger partial charge is 0.363 e. The number of aromatic nitrogens is 1. The Kier molecular flexibility index (Phi) is 3.61. The molecule has 19 heavy (non-hydrogen) atoms. The van der Waals surface area contributed by atoms with Gasteiger partial charge in [0.25, 0.3) is 5.91 Å². The molecule has 0 spiro atoms. The number of alkyl halides is 3. The largest absolute Gasteiger partial charge is 0.417 e. The number of hydrogen-bond donors (Lipinski definition) is 1. The zero-order valence-electron chi connectivity index (χ0n) is 9.16. The van der Waals surface area contributed by atoms with Crippen LogP contribution in [0.5, 0.6) is 0 Å². The fourth-order valence-electron chi connectivity index (χ4n) is 1.41. The Morgan fingerprint density at radius 3 is 2.63 bits per heavy atom. The van der Waals surface area contributed by atoms with Crippen molar-refractivity contribution >= 4 is 27.7 Å². The molecule has 0 aliphatic rings. The second-order valence-electron chi connectivity index (χ2n) is 3.53. The van der Waals surface area contributed by atoms with Crippen molar-refractivity contribution < 1.29 is 22.5 Å². The third-order valence-electron chi connectivity index (χ3n) is 2.21. The van der Waals surface area contributed by atoms with Gasteiger partial charge in [0.1, 0.15) is 6.26 Å². The molecule has 8 heteroatoms. The molecule has 1 amide bonds. The van der Waals surface area contributed by atoms with Gasteiger partial charge in [-0.3, -0.25) is 4.79 Å². The minimum Gasteiger partial charge on any atom is -0.363 e. The van der Waals surface area contributed by atoms with Crippen molar-refractivity contribution in [1.82, 2.24) is 5.16 Å². The van der Waals surface area contributed by atoms with E-state index in [1.54, 1.807) is 0 Å². The topological polar surface area (TPSA) is 55.1 Å². The van der Waals surface area contributed by atoms with E-state index in [9.17, 15) is 18.0 Å². The predicted molar refractivity (Wildman–Crippen MR) is 63.6 cm³/mol. The lowest BCUT2D eigenvalue weighted by atomic mass is 10.1. The van der Waals surface area contributed by atoms with Crippen molar-refractivity contribution in [3.05, 3.63) is 46.1 Å². The van der Waals surface area contributed by atoms with Crippen molar-refractivity contribution in [2.45, 2.75) is 6.18 Å². The molecule has 0 aliphatic heterocycles. The highest BCUT2D eigenvalue weighted by molar-refractivity contribution is 9.10. The molecule has 0 bridgehead atoms. The van der Waals surface area contributed by atoms with Crippen molar-refractivity contribution in [2.24, 2.45) is 0 Å². The molecule has 1 heterocycles. The molecule has 0 atom stereocenters. The molecular weight excluding hydrogens is 329 g/mol. The summed E-state index contributed by atoms with van der Waals surface area (Å²) in [6.45, 7) is 0. The van der Waals surface area contributed by atoms with Gasteiger partial charge in [0.05, 0.1) is 11.1 Å². The van der Waals surface area contributed by atoms with Gasteiger partial charge in [-0.15, -0.1) is 0 Å². The molecule has 2 aromatic rings. The predicted octanol–water partition coefficient (Wildman–Crippen LogP) is 3.71. The fourth-order valence-corrected chi connectivity index (χ4v) is 1.77. The number of halogens is 4. The van der Waals surface area contributed by atoms with Crippen LogP contribution in [-0.2, 0) is 6.18 Å². The minimum atomic E-state index is -4.62. The van der Waals surface area contributed by atoms with Crippen LogP contribution in [0, 0.1) is 0 Å². The second-order valence-corrected chi connectivity index (χ2v) is 4.44. The van der Waals surface area contributed by atoms with E-state index in [1.807, 2.05) is 0 Å². The number of nitrogens with zero attached hydrogens (tertiary/aromatic N) is 1. The van der Waals surface area contributed by atoms with Gasteiger partial charge in [0.2, 0.25) is 0 Å². The number of carbonyl (C=O) groups excluding carboxylic acids is 1. The van der Waals surface area contributed by atoms with Crippen LogP contribution in [0.3, 0.4) is 0 Å². The molecule has 2 rings (SSSR count). The summed E-state index contributed by atoms with van der Waals surface area (Å²) in [6, 6.07) is 4.61. The van der Waals surface area contributed by atoms with Gasteiger partial charge < -0.3 is 9.84 Å². The first-order chi connectivity index (χ1) is 8.88. The van der Waals surface area contributed by atoms with Gasteiger partial charge in [0, 0.05) is 10.5 Å². The quantitative estimate of drug-likeness (QED) is 0.910.